The van der Waals surface area contributed by atoms with Crippen LogP contribution >= 0.6 is 0 Å². The fraction of sp³-hybridized carbons (Fsp3) is 0.550. The van der Waals surface area contributed by atoms with Crippen LogP contribution in [-0.4, -0.2) is 18.6 Å². The Morgan fingerprint density at radius 3 is 2.57 bits per heavy atom. The van der Waals surface area contributed by atoms with Gasteiger partial charge in [0.1, 0.15) is 5.75 Å². The van der Waals surface area contributed by atoms with Crippen LogP contribution in [0.2, 0.25) is 0 Å². The molecule has 3 heteroatoms. The van der Waals surface area contributed by atoms with Crippen LogP contribution < -0.4 is 10.1 Å². The van der Waals surface area contributed by atoms with Crippen molar-refractivity contribution in [2.24, 2.45) is 11.3 Å². The van der Waals surface area contributed by atoms with Crippen molar-refractivity contribution in [3.63, 3.8) is 0 Å². The molecule has 1 aliphatic rings. The minimum absolute atomic E-state index is 0.00924. The predicted molar refractivity (Wildman–Crippen MR) is 95.4 cm³/mol. The highest BCUT2D eigenvalue weighted by atomic mass is 16.5. The monoisotopic (exact) mass is 315 g/mol. The molecule has 0 bridgehead atoms. The summed E-state index contributed by atoms with van der Waals surface area (Å²) in [6.45, 7) is 9.58. The van der Waals surface area contributed by atoms with Gasteiger partial charge in [-0.1, -0.05) is 46.2 Å². The van der Waals surface area contributed by atoms with E-state index in [2.05, 4.69) is 33.0 Å². The highest BCUT2D eigenvalue weighted by Crippen LogP contribution is 2.45. The van der Waals surface area contributed by atoms with Gasteiger partial charge in [-0.05, 0) is 47.9 Å². The smallest absolute Gasteiger partial charge is 0.244 e. The van der Waals surface area contributed by atoms with Gasteiger partial charge in [-0.2, -0.15) is 0 Å². The van der Waals surface area contributed by atoms with Gasteiger partial charge in [-0.15, -0.1) is 0 Å². The predicted octanol–water partition coefficient (Wildman–Crippen LogP) is 4.43. The number of nitrogens with one attached hydrogen (secondary N) is 1. The number of hydrogen-bond donors (Lipinski definition) is 1. The van der Waals surface area contributed by atoms with Gasteiger partial charge in [0.15, 0.2) is 0 Å². The largest absolute Gasteiger partial charge is 0.494 e. The lowest BCUT2D eigenvalue weighted by molar-refractivity contribution is -0.116. The Balaban J connectivity index is 1.78. The van der Waals surface area contributed by atoms with E-state index in [1.807, 2.05) is 30.3 Å². The minimum Gasteiger partial charge on any atom is -0.494 e. The molecule has 1 amide bonds. The van der Waals surface area contributed by atoms with Crippen molar-refractivity contribution >= 4 is 12.0 Å². The minimum atomic E-state index is -0.00924. The first-order chi connectivity index (χ1) is 10.9. The molecule has 2 atom stereocenters. The van der Waals surface area contributed by atoms with Crippen molar-refractivity contribution < 1.29 is 9.53 Å². The molecule has 1 saturated carbocycles. The molecule has 0 spiro atoms. The quantitative estimate of drug-likeness (QED) is 0.597. The van der Waals surface area contributed by atoms with E-state index in [9.17, 15) is 4.79 Å². The highest BCUT2D eigenvalue weighted by Gasteiger charge is 2.45. The van der Waals surface area contributed by atoms with Gasteiger partial charge < -0.3 is 10.1 Å². The Morgan fingerprint density at radius 1 is 1.30 bits per heavy atom. The van der Waals surface area contributed by atoms with E-state index < -0.39 is 0 Å². The average molecular weight is 315 g/mol. The Morgan fingerprint density at radius 2 is 2.00 bits per heavy atom. The van der Waals surface area contributed by atoms with Gasteiger partial charge in [0.2, 0.25) is 5.91 Å². The van der Waals surface area contributed by atoms with Crippen LogP contribution in [0.25, 0.3) is 6.08 Å². The van der Waals surface area contributed by atoms with Gasteiger partial charge in [0.25, 0.3) is 0 Å². The first-order valence-electron chi connectivity index (χ1n) is 8.61. The van der Waals surface area contributed by atoms with Crippen molar-refractivity contribution in [2.75, 3.05) is 6.61 Å². The van der Waals surface area contributed by atoms with Crippen LogP contribution in [-0.2, 0) is 4.79 Å². The maximum Gasteiger partial charge on any atom is 0.244 e. The maximum absolute atomic E-state index is 12.0. The fourth-order valence-corrected chi connectivity index (χ4v) is 2.72. The summed E-state index contributed by atoms with van der Waals surface area (Å²) in [4.78, 5) is 12.0. The normalized spacial score (nSPS) is 20.5. The molecule has 0 saturated heterocycles. The highest BCUT2D eigenvalue weighted by molar-refractivity contribution is 5.92. The number of rotatable bonds is 7. The Labute approximate surface area is 140 Å². The third-order valence-electron chi connectivity index (χ3n) is 4.30. The second-order valence-corrected chi connectivity index (χ2v) is 7.43. The lowest BCUT2D eigenvalue weighted by atomic mass is 9.90. The molecule has 1 aromatic carbocycles. The maximum atomic E-state index is 12.0. The Hall–Kier alpha value is -1.77. The van der Waals surface area contributed by atoms with E-state index >= 15 is 0 Å². The summed E-state index contributed by atoms with van der Waals surface area (Å²) in [6, 6.07) is 8.18. The van der Waals surface area contributed by atoms with E-state index in [0.29, 0.717) is 12.0 Å². The Bertz CT molecular complexity index is 540. The number of hydrogen-bond acceptors (Lipinski definition) is 2. The summed E-state index contributed by atoms with van der Waals surface area (Å²) in [6.07, 6.45) is 6.75. The molecule has 1 aromatic rings. The van der Waals surface area contributed by atoms with Gasteiger partial charge >= 0.3 is 0 Å². The van der Waals surface area contributed by atoms with Crippen molar-refractivity contribution in [1.29, 1.82) is 0 Å². The SMILES string of the molecule is CCCCOc1ccc(/C=C/C(=O)N[C@H]2C[C@@H]2C(C)(C)C)cc1. The van der Waals surface area contributed by atoms with Gasteiger partial charge in [0, 0.05) is 12.1 Å². The van der Waals surface area contributed by atoms with E-state index in [4.69, 9.17) is 4.74 Å². The molecule has 0 unspecified atom stereocenters. The number of carbonyl (C=O) groups is 1. The number of benzene rings is 1. The second kappa shape index (κ2) is 7.67. The van der Waals surface area contributed by atoms with E-state index in [1.54, 1.807) is 6.08 Å². The zero-order valence-electron chi connectivity index (χ0n) is 14.8. The van der Waals surface area contributed by atoms with Crippen LogP contribution in [0.3, 0.4) is 0 Å². The molecule has 3 nitrogen and oxygen atoms in total. The van der Waals surface area contributed by atoms with Crippen molar-refractivity contribution in [3.8, 4) is 5.75 Å². The van der Waals surface area contributed by atoms with E-state index in [0.717, 1.165) is 37.2 Å². The summed E-state index contributed by atoms with van der Waals surface area (Å²) >= 11 is 0. The van der Waals surface area contributed by atoms with Crippen LogP contribution in [0.5, 0.6) is 5.75 Å². The molecule has 1 fully saturated rings. The fourth-order valence-electron chi connectivity index (χ4n) is 2.72. The summed E-state index contributed by atoms with van der Waals surface area (Å²) < 4.78 is 5.63. The number of carbonyl (C=O) groups excluding carboxylic acids is 1. The number of amides is 1. The molecule has 23 heavy (non-hydrogen) atoms. The molecule has 0 aliphatic heterocycles. The zero-order valence-corrected chi connectivity index (χ0v) is 14.8. The molecule has 0 aromatic heterocycles. The topological polar surface area (TPSA) is 38.3 Å². The second-order valence-electron chi connectivity index (χ2n) is 7.43. The standard InChI is InChI=1S/C20H29NO2/c1-5-6-13-23-16-10-7-15(8-11-16)9-12-19(22)21-18-14-17(18)20(2,3)4/h7-12,17-18H,5-6,13-14H2,1-4H3,(H,21,22)/b12-9+/t17-,18-/m0/s1. The first-order valence-corrected chi connectivity index (χ1v) is 8.61. The number of ether oxygens (including phenoxy) is 1. The first kappa shape index (κ1) is 17.6. The third-order valence-corrected chi connectivity index (χ3v) is 4.30. The lowest BCUT2D eigenvalue weighted by Crippen LogP contribution is -2.27. The van der Waals surface area contributed by atoms with Crippen LogP contribution in [0.1, 0.15) is 52.5 Å². The zero-order chi connectivity index (χ0) is 16.9. The lowest BCUT2D eigenvalue weighted by Gasteiger charge is -2.17. The molecular formula is C20H29NO2. The van der Waals surface area contributed by atoms with E-state index in [1.165, 1.54) is 0 Å². The summed E-state index contributed by atoms with van der Waals surface area (Å²) in [5.74, 6) is 1.47. The average Bonchev–Trinajstić information content (AvgIpc) is 3.26. The van der Waals surface area contributed by atoms with Crippen molar-refractivity contribution in [2.45, 2.75) is 53.0 Å². The molecular weight excluding hydrogens is 286 g/mol. The third kappa shape index (κ3) is 5.74. The summed E-state index contributed by atoms with van der Waals surface area (Å²) in [7, 11) is 0. The molecule has 2 rings (SSSR count). The Kier molecular flexibility index (Phi) is 5.86. The molecule has 0 heterocycles. The summed E-state index contributed by atoms with van der Waals surface area (Å²) in [5.41, 5.74) is 1.28. The van der Waals surface area contributed by atoms with E-state index in [-0.39, 0.29) is 11.3 Å². The number of unbranched alkanes of at least 4 members (excludes halogenated alkanes) is 1. The van der Waals surface area contributed by atoms with Crippen molar-refractivity contribution in [1.82, 2.24) is 5.32 Å². The van der Waals surface area contributed by atoms with Crippen LogP contribution in [0.15, 0.2) is 30.3 Å². The van der Waals surface area contributed by atoms with Gasteiger partial charge in [-0.3, -0.25) is 4.79 Å². The summed E-state index contributed by atoms with van der Waals surface area (Å²) in [5, 5.41) is 3.08. The van der Waals surface area contributed by atoms with Crippen molar-refractivity contribution in [3.05, 3.63) is 35.9 Å². The molecule has 1 N–H and O–H groups in total. The molecule has 126 valence electrons. The van der Waals surface area contributed by atoms with Gasteiger partial charge in [0.05, 0.1) is 6.61 Å². The van der Waals surface area contributed by atoms with Crippen LogP contribution in [0.4, 0.5) is 0 Å². The molecule has 1 aliphatic carbocycles. The van der Waals surface area contributed by atoms with Crippen LogP contribution in [0, 0.1) is 11.3 Å². The van der Waals surface area contributed by atoms with Gasteiger partial charge in [-0.25, -0.2) is 0 Å². The molecule has 0 radical (unpaired) electrons.